The number of hydrogen-bond acceptors (Lipinski definition) is 2. The van der Waals surface area contributed by atoms with E-state index in [4.69, 9.17) is 5.26 Å². The molecule has 0 spiro atoms. The zero-order valence-electron chi connectivity index (χ0n) is 11.0. The number of nitrogens with one attached hydrogen (secondary N) is 1. The summed E-state index contributed by atoms with van der Waals surface area (Å²) in [4.78, 5) is 0. The second-order valence-electron chi connectivity index (χ2n) is 5.33. The Balaban J connectivity index is 2.71. The van der Waals surface area contributed by atoms with Crippen LogP contribution in [0.1, 0.15) is 38.8 Å². The Morgan fingerprint density at radius 2 is 2.12 bits per heavy atom. The summed E-state index contributed by atoms with van der Waals surface area (Å²) in [6.45, 7) is 9.40. The lowest BCUT2D eigenvalue weighted by atomic mass is 10.1. The molecular formula is C15H20N2. The van der Waals surface area contributed by atoms with Crippen molar-refractivity contribution in [2.45, 2.75) is 33.2 Å². The molecule has 0 aromatic heterocycles. The Hall–Kier alpha value is -1.59. The first-order chi connectivity index (χ1) is 7.90. The number of hydrogen-bond donors (Lipinski definition) is 1. The van der Waals surface area contributed by atoms with Crippen molar-refractivity contribution < 1.29 is 0 Å². The minimum Gasteiger partial charge on any atom is -0.308 e. The van der Waals surface area contributed by atoms with E-state index in [9.17, 15) is 0 Å². The first-order valence-electron chi connectivity index (χ1n) is 5.83. The summed E-state index contributed by atoms with van der Waals surface area (Å²) in [7, 11) is 0. The molecule has 0 amide bonds. The van der Waals surface area contributed by atoms with Crippen LogP contribution in [-0.4, -0.2) is 12.1 Å². The number of nitriles is 1. The average Bonchev–Trinajstić information content (AvgIpc) is 2.26. The van der Waals surface area contributed by atoms with Gasteiger partial charge in [-0.2, -0.15) is 5.26 Å². The van der Waals surface area contributed by atoms with Gasteiger partial charge in [0.05, 0.1) is 11.6 Å². The summed E-state index contributed by atoms with van der Waals surface area (Å²) in [5.74, 6) is 0. The molecule has 0 heterocycles. The maximum absolute atomic E-state index is 8.82. The van der Waals surface area contributed by atoms with Crippen LogP contribution in [0.25, 0.3) is 6.08 Å². The second kappa shape index (κ2) is 5.65. The van der Waals surface area contributed by atoms with Crippen LogP contribution < -0.4 is 5.32 Å². The maximum atomic E-state index is 8.82. The molecule has 0 aliphatic heterocycles. The number of benzene rings is 1. The van der Waals surface area contributed by atoms with Gasteiger partial charge in [-0.15, -0.1) is 0 Å². The summed E-state index contributed by atoms with van der Waals surface area (Å²) < 4.78 is 0. The van der Waals surface area contributed by atoms with Crippen molar-refractivity contribution in [3.05, 3.63) is 41.0 Å². The molecule has 0 bridgehead atoms. The van der Waals surface area contributed by atoms with E-state index in [2.05, 4.69) is 45.2 Å². The lowest BCUT2D eigenvalue weighted by Gasteiger charge is -2.20. The molecule has 0 atom stereocenters. The van der Waals surface area contributed by atoms with Gasteiger partial charge >= 0.3 is 0 Å². The van der Waals surface area contributed by atoms with Crippen molar-refractivity contribution in [1.29, 1.82) is 5.26 Å². The van der Waals surface area contributed by atoms with Gasteiger partial charge < -0.3 is 5.32 Å². The maximum Gasteiger partial charge on any atom is 0.0991 e. The Morgan fingerprint density at radius 1 is 1.41 bits per heavy atom. The van der Waals surface area contributed by atoms with E-state index in [-0.39, 0.29) is 5.54 Å². The molecule has 2 heteroatoms. The number of rotatable bonds is 3. The first-order valence-corrected chi connectivity index (χ1v) is 5.83. The standard InChI is InChI=1S/C15H20N2/c1-12(11-17-15(2,3)4)8-13-6-5-7-14(9-13)10-16/h5-9,17H,11H2,1-4H3. The normalized spacial score (nSPS) is 12.3. The van der Waals surface area contributed by atoms with Crippen molar-refractivity contribution in [1.82, 2.24) is 5.32 Å². The Bertz CT molecular complexity index is 445. The molecule has 1 rings (SSSR count). The van der Waals surface area contributed by atoms with E-state index in [0.29, 0.717) is 5.56 Å². The van der Waals surface area contributed by atoms with Gasteiger partial charge in [-0.3, -0.25) is 0 Å². The third kappa shape index (κ3) is 5.33. The molecule has 1 aromatic rings. The van der Waals surface area contributed by atoms with Crippen LogP contribution in [0.5, 0.6) is 0 Å². The molecule has 0 saturated carbocycles. The van der Waals surface area contributed by atoms with Crippen LogP contribution in [0.4, 0.5) is 0 Å². The molecule has 0 aliphatic rings. The first kappa shape index (κ1) is 13.5. The monoisotopic (exact) mass is 228 g/mol. The van der Waals surface area contributed by atoms with Crippen molar-refractivity contribution >= 4 is 6.08 Å². The van der Waals surface area contributed by atoms with Crippen LogP contribution >= 0.6 is 0 Å². The lowest BCUT2D eigenvalue weighted by Crippen LogP contribution is -2.36. The van der Waals surface area contributed by atoms with E-state index in [0.717, 1.165) is 12.1 Å². The van der Waals surface area contributed by atoms with E-state index >= 15 is 0 Å². The summed E-state index contributed by atoms with van der Waals surface area (Å²) in [6.07, 6.45) is 2.11. The predicted molar refractivity (Wildman–Crippen MR) is 72.6 cm³/mol. The minimum atomic E-state index is 0.129. The highest BCUT2D eigenvalue weighted by Gasteiger charge is 2.07. The van der Waals surface area contributed by atoms with Gasteiger partial charge in [0.15, 0.2) is 0 Å². The van der Waals surface area contributed by atoms with Crippen LogP contribution in [0.3, 0.4) is 0 Å². The van der Waals surface area contributed by atoms with Crippen LogP contribution in [0.15, 0.2) is 29.8 Å². The molecule has 0 radical (unpaired) electrons. The summed E-state index contributed by atoms with van der Waals surface area (Å²) in [5, 5.41) is 12.3. The van der Waals surface area contributed by atoms with Crippen molar-refractivity contribution in [2.24, 2.45) is 0 Å². The van der Waals surface area contributed by atoms with Gasteiger partial charge in [-0.05, 0) is 45.4 Å². The van der Waals surface area contributed by atoms with Crippen molar-refractivity contribution in [3.63, 3.8) is 0 Å². The van der Waals surface area contributed by atoms with E-state index in [1.807, 2.05) is 24.3 Å². The Kier molecular flexibility index (Phi) is 4.48. The van der Waals surface area contributed by atoms with Gasteiger partial charge in [-0.25, -0.2) is 0 Å². The molecular weight excluding hydrogens is 208 g/mol. The topological polar surface area (TPSA) is 35.8 Å². The molecule has 17 heavy (non-hydrogen) atoms. The molecule has 0 unspecified atom stereocenters. The molecule has 0 saturated heterocycles. The smallest absolute Gasteiger partial charge is 0.0991 e. The zero-order chi connectivity index (χ0) is 12.9. The largest absolute Gasteiger partial charge is 0.308 e. The molecule has 90 valence electrons. The van der Waals surface area contributed by atoms with Crippen LogP contribution in [0.2, 0.25) is 0 Å². The van der Waals surface area contributed by atoms with Crippen molar-refractivity contribution in [3.8, 4) is 6.07 Å². The highest BCUT2D eigenvalue weighted by atomic mass is 14.9. The predicted octanol–water partition coefficient (Wildman–Crippen LogP) is 3.35. The van der Waals surface area contributed by atoms with Gasteiger partial charge in [0.25, 0.3) is 0 Å². The SMILES string of the molecule is CC(=Cc1cccc(C#N)c1)CNC(C)(C)C. The molecule has 1 aromatic carbocycles. The molecule has 0 fully saturated rings. The number of nitrogens with zero attached hydrogens (tertiary/aromatic N) is 1. The highest BCUT2D eigenvalue weighted by molar-refractivity contribution is 5.55. The molecule has 2 nitrogen and oxygen atoms in total. The fourth-order valence-electron chi connectivity index (χ4n) is 1.44. The van der Waals surface area contributed by atoms with Gasteiger partial charge in [0.2, 0.25) is 0 Å². The van der Waals surface area contributed by atoms with Gasteiger partial charge in [0, 0.05) is 12.1 Å². The van der Waals surface area contributed by atoms with E-state index in [1.54, 1.807) is 0 Å². The zero-order valence-corrected chi connectivity index (χ0v) is 11.0. The quantitative estimate of drug-likeness (QED) is 0.861. The fraction of sp³-hybridized carbons (Fsp3) is 0.400. The van der Waals surface area contributed by atoms with Crippen molar-refractivity contribution in [2.75, 3.05) is 6.54 Å². The molecule has 0 aliphatic carbocycles. The summed E-state index contributed by atoms with van der Waals surface area (Å²) >= 11 is 0. The summed E-state index contributed by atoms with van der Waals surface area (Å²) in [5.41, 5.74) is 3.17. The van der Waals surface area contributed by atoms with E-state index in [1.165, 1.54) is 5.57 Å². The third-order valence-corrected chi connectivity index (χ3v) is 2.33. The Morgan fingerprint density at radius 3 is 2.71 bits per heavy atom. The van der Waals surface area contributed by atoms with E-state index < -0.39 is 0 Å². The highest BCUT2D eigenvalue weighted by Crippen LogP contribution is 2.09. The third-order valence-electron chi connectivity index (χ3n) is 2.33. The fourth-order valence-corrected chi connectivity index (χ4v) is 1.44. The lowest BCUT2D eigenvalue weighted by molar-refractivity contribution is 0.445. The van der Waals surface area contributed by atoms with Gasteiger partial charge in [-0.1, -0.05) is 23.8 Å². The van der Waals surface area contributed by atoms with Gasteiger partial charge in [0.1, 0.15) is 0 Å². The van der Waals surface area contributed by atoms with Crippen LogP contribution in [0, 0.1) is 11.3 Å². The van der Waals surface area contributed by atoms with Crippen LogP contribution in [-0.2, 0) is 0 Å². The minimum absolute atomic E-state index is 0.129. The second-order valence-corrected chi connectivity index (χ2v) is 5.33. The molecule has 1 N–H and O–H groups in total. The summed E-state index contributed by atoms with van der Waals surface area (Å²) in [6, 6.07) is 9.80. The Labute approximate surface area is 104 Å². The average molecular weight is 228 g/mol.